The summed E-state index contributed by atoms with van der Waals surface area (Å²) in [5, 5.41) is 14.4. The molecule has 174 valence electrons. The average Bonchev–Trinajstić information content (AvgIpc) is 3.43. The van der Waals surface area contributed by atoms with Gasteiger partial charge in [-0.3, -0.25) is 4.79 Å². The fourth-order valence-electron chi connectivity index (χ4n) is 4.46. The van der Waals surface area contributed by atoms with E-state index in [1.54, 1.807) is 6.20 Å². The largest absolute Gasteiger partial charge is 0.414 e. The van der Waals surface area contributed by atoms with Crippen molar-refractivity contribution in [3.05, 3.63) is 36.0 Å². The molecule has 0 aliphatic carbocycles. The average molecular weight is 443 g/mol. The third-order valence-corrected chi connectivity index (χ3v) is 6.41. The van der Waals surface area contributed by atoms with Crippen LogP contribution < -0.4 is 21.3 Å². The van der Waals surface area contributed by atoms with Crippen molar-refractivity contribution in [1.82, 2.24) is 30.8 Å². The number of piperidine rings is 1. The lowest BCUT2D eigenvalue weighted by molar-refractivity contribution is -0.128. The molecule has 2 fully saturated rings. The first-order chi connectivity index (χ1) is 15.6. The number of nitrogens with zero attached hydrogens (tertiary/aromatic N) is 5. The number of rotatable bonds is 5. The Morgan fingerprint density at radius 3 is 2.62 bits per heavy atom. The van der Waals surface area contributed by atoms with Crippen molar-refractivity contribution in [3.8, 4) is 23.0 Å². The van der Waals surface area contributed by atoms with E-state index in [4.69, 9.17) is 10.2 Å². The predicted molar refractivity (Wildman–Crippen MR) is 128 cm³/mol. The summed E-state index contributed by atoms with van der Waals surface area (Å²) in [6.45, 7) is 3.03. The molecule has 0 atom stereocenters. The summed E-state index contributed by atoms with van der Waals surface area (Å²) >= 11 is 0. The molecule has 2 aliphatic rings. The highest BCUT2D eigenvalue weighted by atomic mass is 16.4. The standard InChI is InChI=1S/C22H26N8O2.4H2/c1-24-12-14-2-4-15(5-3-14)19-28-29-20(32-19)17-18(23)26-13-16(27-17)30-10-7-22(8-11-30)6-9-25-21(22)31;;;;/h2-5,13,24H,6-12H2,1H3,(H2,23,26)(H,25,31);4*1H. The second kappa shape index (κ2) is 8.19. The summed E-state index contributed by atoms with van der Waals surface area (Å²) in [5.41, 5.74) is 8.21. The smallest absolute Gasteiger partial charge is 0.270 e. The minimum atomic E-state index is -0.231. The van der Waals surface area contributed by atoms with Gasteiger partial charge in [0.1, 0.15) is 5.82 Å². The van der Waals surface area contributed by atoms with E-state index in [-0.39, 0.29) is 28.7 Å². The van der Waals surface area contributed by atoms with Crippen LogP contribution >= 0.6 is 0 Å². The van der Waals surface area contributed by atoms with Gasteiger partial charge in [-0.2, -0.15) is 0 Å². The Balaban J connectivity index is 0.00000162. The molecule has 1 amide bonds. The zero-order valence-corrected chi connectivity index (χ0v) is 18.0. The fraction of sp³-hybridized carbons (Fsp3) is 0.409. The van der Waals surface area contributed by atoms with Crippen LogP contribution in [-0.4, -0.2) is 52.8 Å². The lowest BCUT2D eigenvalue weighted by Crippen LogP contribution is -2.44. The molecule has 10 heteroatoms. The Bertz CT molecular complexity index is 1140. The molecule has 5 rings (SSSR count). The monoisotopic (exact) mass is 442 g/mol. The van der Waals surface area contributed by atoms with E-state index in [1.807, 2.05) is 31.3 Å². The summed E-state index contributed by atoms with van der Waals surface area (Å²) in [6.07, 6.45) is 4.16. The number of amides is 1. The van der Waals surface area contributed by atoms with E-state index in [0.29, 0.717) is 17.4 Å². The van der Waals surface area contributed by atoms with Crippen molar-refractivity contribution >= 4 is 17.5 Å². The minimum Gasteiger partial charge on any atom is -0.414 e. The third kappa shape index (κ3) is 3.66. The Labute approximate surface area is 191 Å². The highest BCUT2D eigenvalue weighted by Crippen LogP contribution is 2.39. The number of carbonyl (C=O) groups excluding carboxylic acids is 1. The summed E-state index contributed by atoms with van der Waals surface area (Å²) in [7, 11) is 1.91. The van der Waals surface area contributed by atoms with Crippen LogP contribution in [0.4, 0.5) is 11.6 Å². The van der Waals surface area contributed by atoms with E-state index >= 15 is 0 Å². The molecule has 1 aromatic carbocycles. The highest BCUT2D eigenvalue weighted by molar-refractivity contribution is 5.85. The van der Waals surface area contributed by atoms with E-state index < -0.39 is 0 Å². The molecule has 2 aromatic heterocycles. The Morgan fingerprint density at radius 1 is 1.19 bits per heavy atom. The lowest BCUT2D eigenvalue weighted by atomic mass is 9.77. The predicted octanol–water partition coefficient (Wildman–Crippen LogP) is 2.59. The van der Waals surface area contributed by atoms with Gasteiger partial charge in [0.05, 0.1) is 11.6 Å². The van der Waals surface area contributed by atoms with Gasteiger partial charge in [-0.25, -0.2) is 9.97 Å². The van der Waals surface area contributed by atoms with E-state index in [2.05, 4.69) is 35.7 Å². The molecular formula is C22H34N8O2. The Hall–Kier alpha value is -3.53. The Kier molecular flexibility index (Phi) is 5.22. The van der Waals surface area contributed by atoms with Gasteiger partial charge in [0.25, 0.3) is 5.89 Å². The number of aromatic nitrogens is 4. The Morgan fingerprint density at radius 2 is 1.94 bits per heavy atom. The fourth-order valence-corrected chi connectivity index (χ4v) is 4.46. The number of nitrogens with one attached hydrogen (secondary N) is 2. The zero-order chi connectivity index (χ0) is 22.1. The molecule has 0 radical (unpaired) electrons. The number of hydrogen-bond acceptors (Lipinski definition) is 9. The molecule has 2 saturated heterocycles. The van der Waals surface area contributed by atoms with Gasteiger partial charge in [-0.15, -0.1) is 10.2 Å². The summed E-state index contributed by atoms with van der Waals surface area (Å²) in [4.78, 5) is 23.4. The van der Waals surface area contributed by atoms with E-state index in [9.17, 15) is 4.79 Å². The number of carbonyl (C=O) groups is 1. The maximum absolute atomic E-state index is 12.2. The van der Waals surface area contributed by atoms with Crippen molar-refractivity contribution in [2.45, 2.75) is 25.8 Å². The second-order valence-corrected chi connectivity index (χ2v) is 8.37. The molecule has 2 aliphatic heterocycles. The van der Waals surface area contributed by atoms with Crippen LogP contribution in [-0.2, 0) is 11.3 Å². The topological polar surface area (TPSA) is 135 Å². The number of nitrogen functional groups attached to an aromatic ring is 1. The van der Waals surface area contributed by atoms with Crippen LogP contribution in [0, 0.1) is 5.41 Å². The number of anilines is 2. The molecule has 10 nitrogen and oxygen atoms in total. The second-order valence-electron chi connectivity index (χ2n) is 8.37. The molecule has 0 bridgehead atoms. The lowest BCUT2D eigenvalue weighted by Gasteiger charge is -2.37. The zero-order valence-electron chi connectivity index (χ0n) is 18.0. The van der Waals surface area contributed by atoms with Crippen molar-refractivity contribution < 1.29 is 14.9 Å². The van der Waals surface area contributed by atoms with Crippen LogP contribution in [0.2, 0.25) is 0 Å². The maximum Gasteiger partial charge on any atom is 0.270 e. The normalized spacial score (nSPS) is 17.7. The van der Waals surface area contributed by atoms with Crippen LogP contribution in [0.1, 0.15) is 30.5 Å². The van der Waals surface area contributed by atoms with E-state index in [1.165, 1.54) is 0 Å². The van der Waals surface area contributed by atoms with Gasteiger partial charge in [-0.1, -0.05) is 12.1 Å². The van der Waals surface area contributed by atoms with Crippen LogP contribution in [0.3, 0.4) is 0 Å². The quantitative estimate of drug-likeness (QED) is 0.545. The highest BCUT2D eigenvalue weighted by Gasteiger charge is 2.44. The molecule has 4 heterocycles. The van der Waals surface area contributed by atoms with Gasteiger partial charge in [-0.05, 0) is 44.0 Å². The molecule has 1 spiro atoms. The first kappa shape index (κ1) is 20.4. The van der Waals surface area contributed by atoms with Crippen LogP contribution in [0.25, 0.3) is 23.0 Å². The first-order valence-corrected chi connectivity index (χ1v) is 10.8. The summed E-state index contributed by atoms with van der Waals surface area (Å²) < 4.78 is 5.88. The van der Waals surface area contributed by atoms with Gasteiger partial charge >= 0.3 is 0 Å². The maximum atomic E-state index is 12.2. The number of nitrogens with two attached hydrogens (primary N) is 1. The summed E-state index contributed by atoms with van der Waals surface area (Å²) in [6, 6.07) is 7.91. The first-order valence-electron chi connectivity index (χ1n) is 10.8. The number of hydrogen-bond donors (Lipinski definition) is 3. The van der Waals surface area contributed by atoms with E-state index in [0.717, 1.165) is 56.6 Å². The summed E-state index contributed by atoms with van der Waals surface area (Å²) in [5.74, 6) is 1.73. The van der Waals surface area contributed by atoms with Crippen molar-refractivity contribution in [1.29, 1.82) is 0 Å². The molecular weight excluding hydrogens is 408 g/mol. The van der Waals surface area contributed by atoms with Crippen LogP contribution in [0.15, 0.2) is 34.9 Å². The van der Waals surface area contributed by atoms with Gasteiger partial charge in [0.15, 0.2) is 11.5 Å². The molecule has 3 aromatic rings. The van der Waals surface area contributed by atoms with Crippen molar-refractivity contribution in [3.63, 3.8) is 0 Å². The van der Waals surface area contributed by atoms with Crippen molar-refractivity contribution in [2.24, 2.45) is 5.41 Å². The third-order valence-electron chi connectivity index (χ3n) is 6.41. The minimum absolute atomic E-state index is 0. The molecule has 0 saturated carbocycles. The van der Waals surface area contributed by atoms with Gasteiger partial charge < -0.3 is 25.7 Å². The molecule has 32 heavy (non-hydrogen) atoms. The van der Waals surface area contributed by atoms with Gasteiger partial charge in [0.2, 0.25) is 11.8 Å². The molecule has 4 N–H and O–H groups in total. The SMILES string of the molecule is CNCc1ccc(-c2nnc(-c3nc(N4CCC5(CCNC5=O)CC4)cnc3N)o2)cc1.[HH].[HH].[HH].[HH]. The van der Waals surface area contributed by atoms with Gasteiger partial charge in [0, 0.05) is 37.4 Å². The molecule has 0 unspecified atom stereocenters. The number of benzene rings is 1. The van der Waals surface area contributed by atoms with Crippen molar-refractivity contribution in [2.75, 3.05) is 37.3 Å². The van der Waals surface area contributed by atoms with Crippen LogP contribution in [0.5, 0.6) is 0 Å².